The number of aryl methyl sites for hydroxylation is 1. The number of aromatic nitrogens is 2. The number of nitrogens with one attached hydrogen (secondary N) is 3. The number of carbonyl (C=O) groups is 3. The highest BCUT2D eigenvalue weighted by Crippen LogP contribution is 2.60. The van der Waals surface area contributed by atoms with Crippen LogP contribution in [-0.2, 0) is 33.5 Å². The third-order valence-corrected chi connectivity index (χ3v) is 14.5. The highest BCUT2D eigenvalue weighted by molar-refractivity contribution is 6.33. The number of nitrogens with two attached hydrogens (primary N) is 1. The van der Waals surface area contributed by atoms with Gasteiger partial charge in [-0.25, -0.2) is 14.8 Å². The summed E-state index contributed by atoms with van der Waals surface area (Å²) in [4.78, 5) is 54.3. The number of fused-ring (bicyclic) bond motifs is 1. The molecule has 2 aliphatic heterocycles. The summed E-state index contributed by atoms with van der Waals surface area (Å²) < 4.78 is 12.8. The quantitative estimate of drug-likeness (QED) is 0.0396. The number of aliphatic hydroxyl groups excluding tert-OH is 1. The first-order valence-corrected chi connectivity index (χ1v) is 23.0. The number of allylic oxidation sites excluding steroid dienone is 4. The topological polar surface area (TPSA) is 181 Å². The molecule has 1 saturated heterocycles. The average Bonchev–Trinajstić information content (AvgIpc) is 3.99. The van der Waals surface area contributed by atoms with Crippen LogP contribution in [-0.4, -0.2) is 83.3 Å². The van der Waals surface area contributed by atoms with Crippen molar-refractivity contribution in [2.75, 3.05) is 44.5 Å². The maximum atomic E-state index is 15.4. The molecule has 0 saturated carbocycles. The van der Waals surface area contributed by atoms with Gasteiger partial charge in [-0.3, -0.25) is 9.59 Å². The Hall–Kier alpha value is -5.01. The fourth-order valence-corrected chi connectivity index (χ4v) is 11.1. The molecular weight excluding hydrogens is 793 g/mol. The van der Waals surface area contributed by atoms with Crippen molar-refractivity contribution in [1.82, 2.24) is 20.6 Å². The molecule has 12 heteroatoms. The number of benzene rings is 1. The molecule has 1 fully saturated rings. The van der Waals surface area contributed by atoms with Gasteiger partial charge in [0, 0.05) is 41.9 Å². The molecule has 5 aliphatic rings. The van der Waals surface area contributed by atoms with Crippen molar-refractivity contribution < 1.29 is 29.0 Å². The lowest BCUT2D eigenvalue weighted by atomic mass is 9.67. The highest BCUT2D eigenvalue weighted by Gasteiger charge is 2.86. The number of nitrogens with zero attached hydrogens (tertiary/aromatic N) is 2. The third kappa shape index (κ3) is 8.79. The summed E-state index contributed by atoms with van der Waals surface area (Å²) in [5, 5.41) is 20.8. The molecule has 334 valence electrons. The monoisotopic (exact) mass is 856 g/mol. The van der Waals surface area contributed by atoms with Crippen molar-refractivity contribution in [1.29, 1.82) is 0 Å². The van der Waals surface area contributed by atoms with Gasteiger partial charge < -0.3 is 36.3 Å². The third-order valence-electron chi connectivity index (χ3n) is 14.5. The number of epoxide rings is 1. The molecular formula is C51H64N6O6. The minimum atomic E-state index is -2.18. The molecule has 6 N–H and O–H groups in total. The molecule has 1 spiro atoms. The summed E-state index contributed by atoms with van der Waals surface area (Å²) >= 11 is 0. The molecule has 0 amide bonds. The predicted octanol–water partition coefficient (Wildman–Crippen LogP) is 6.89. The molecule has 7 atom stereocenters. The van der Waals surface area contributed by atoms with Gasteiger partial charge in [0.05, 0.1) is 19.9 Å². The number of esters is 1. The molecule has 1 aromatic carbocycles. The van der Waals surface area contributed by atoms with E-state index in [4.69, 9.17) is 15.2 Å². The lowest BCUT2D eigenvalue weighted by Gasteiger charge is -2.40. The standard InChI is InChI=1S/C51H64N6O6/c1-5-54-42-24-36-12-8-11-35-10-6-7-20-49(3,25-34-17-18-43(52)56-28-34)26-37-13-9-14-40-45(37)47(60)51(48(61)62-30-38(42)23-41(35)36)50(63-51,46(40)59)27-39(29-58)32(2)15-16-33-19-21-55-44(22-33)57-31-53-4/h8-9,12-14,17-19,21-22,24,28,35,38,41-42,53-54,58H,5-7,10-11,15-16,20,23,25-27,29-31H2,1-4H3,(H2,52,56)(H,55,57). The van der Waals surface area contributed by atoms with E-state index < -0.39 is 28.7 Å². The van der Waals surface area contributed by atoms with Gasteiger partial charge in [0.25, 0.3) is 5.60 Å². The zero-order valence-electron chi connectivity index (χ0n) is 37.3. The van der Waals surface area contributed by atoms with Crippen LogP contribution in [0.5, 0.6) is 0 Å². The van der Waals surface area contributed by atoms with Crippen molar-refractivity contribution in [3.63, 3.8) is 0 Å². The van der Waals surface area contributed by atoms with Crippen LogP contribution in [0.2, 0.25) is 0 Å². The number of hydrogen-bond donors (Lipinski definition) is 5. The number of Topliss-reactive ketones (excluding diaryl/α,β-unsaturated/α-hetero) is 2. The summed E-state index contributed by atoms with van der Waals surface area (Å²) in [5.74, 6) is 0.162. The molecule has 63 heavy (non-hydrogen) atoms. The van der Waals surface area contributed by atoms with Crippen molar-refractivity contribution in [3.8, 4) is 0 Å². The fraction of sp³-hybridized carbons (Fsp3) is 0.510. The van der Waals surface area contributed by atoms with E-state index in [0.717, 1.165) is 67.6 Å². The summed E-state index contributed by atoms with van der Waals surface area (Å²) in [5.41, 5.74) is 7.66. The summed E-state index contributed by atoms with van der Waals surface area (Å²) in [6.07, 6.45) is 18.7. The first-order chi connectivity index (χ1) is 30.4. The second-order valence-electron chi connectivity index (χ2n) is 18.9. The Morgan fingerprint density at radius 1 is 1.05 bits per heavy atom. The fourth-order valence-electron chi connectivity index (χ4n) is 11.1. The number of likely N-dealkylation sites (N-methyl/N-ethyl adjacent to an activating group) is 1. The Morgan fingerprint density at radius 2 is 1.90 bits per heavy atom. The predicted molar refractivity (Wildman–Crippen MR) is 244 cm³/mol. The van der Waals surface area contributed by atoms with Gasteiger partial charge in [-0.15, -0.1) is 0 Å². The van der Waals surface area contributed by atoms with Gasteiger partial charge in [0.2, 0.25) is 5.78 Å². The lowest BCUT2D eigenvalue weighted by molar-refractivity contribution is -0.150. The Kier molecular flexibility index (Phi) is 13.2. The van der Waals surface area contributed by atoms with Crippen LogP contribution in [0.4, 0.5) is 11.6 Å². The number of carbonyl (C=O) groups excluding carboxylic acids is 3. The summed E-state index contributed by atoms with van der Waals surface area (Å²) in [6, 6.07) is 13.2. The van der Waals surface area contributed by atoms with Gasteiger partial charge in [-0.05, 0) is 135 Å². The van der Waals surface area contributed by atoms with Gasteiger partial charge in [0.15, 0.2) is 11.4 Å². The maximum Gasteiger partial charge on any atom is 0.350 e. The SMILES string of the molecule is CCNC1C=C2C=CCC3CCCCC(C)(Cc4ccc(N)nc4)Cc4cccc5c4C(=O)C4(OC4(CC(CO)=C(C)CCc4ccnc(NCNC)c4)C5=O)C(=O)OCC1CC23. The zero-order valence-corrected chi connectivity index (χ0v) is 37.3. The van der Waals surface area contributed by atoms with E-state index in [2.05, 4.69) is 58.0 Å². The molecule has 4 heterocycles. The minimum absolute atomic E-state index is 0.0244. The van der Waals surface area contributed by atoms with E-state index in [-0.39, 0.29) is 48.1 Å². The van der Waals surface area contributed by atoms with E-state index in [1.165, 1.54) is 5.57 Å². The molecule has 2 aromatic heterocycles. The van der Waals surface area contributed by atoms with E-state index in [1.54, 1.807) is 12.3 Å². The largest absolute Gasteiger partial charge is 0.463 e. The second-order valence-corrected chi connectivity index (χ2v) is 18.9. The molecule has 7 unspecified atom stereocenters. The lowest BCUT2D eigenvalue weighted by Crippen LogP contribution is -2.52. The summed E-state index contributed by atoms with van der Waals surface area (Å²) in [7, 11) is 1.85. The van der Waals surface area contributed by atoms with Crippen LogP contribution >= 0.6 is 0 Å². The van der Waals surface area contributed by atoms with Gasteiger partial charge >= 0.3 is 5.97 Å². The van der Waals surface area contributed by atoms with Crippen LogP contribution in [0.1, 0.15) is 110 Å². The van der Waals surface area contributed by atoms with Crippen molar-refractivity contribution >= 4 is 29.2 Å². The number of rotatable bonds is 13. The average molecular weight is 857 g/mol. The van der Waals surface area contributed by atoms with E-state index >= 15 is 9.59 Å². The number of cyclic esters (lactones) is 1. The van der Waals surface area contributed by atoms with Crippen LogP contribution in [0, 0.1) is 23.2 Å². The number of aliphatic hydroxyl groups is 1. The van der Waals surface area contributed by atoms with E-state index in [9.17, 15) is 9.90 Å². The van der Waals surface area contributed by atoms with Crippen LogP contribution in [0.15, 0.2) is 89.8 Å². The molecule has 3 aliphatic carbocycles. The van der Waals surface area contributed by atoms with E-state index in [0.29, 0.717) is 61.1 Å². The van der Waals surface area contributed by atoms with Gasteiger partial charge in [0.1, 0.15) is 11.6 Å². The molecule has 4 bridgehead atoms. The number of ether oxygens (including phenoxy) is 2. The minimum Gasteiger partial charge on any atom is -0.463 e. The van der Waals surface area contributed by atoms with Crippen molar-refractivity contribution in [3.05, 3.63) is 118 Å². The zero-order chi connectivity index (χ0) is 44.4. The molecule has 12 nitrogen and oxygen atoms in total. The smallest absolute Gasteiger partial charge is 0.350 e. The number of nitrogen functional groups attached to an aromatic ring is 1. The van der Waals surface area contributed by atoms with Crippen molar-refractivity contribution in [2.24, 2.45) is 23.2 Å². The first-order valence-electron chi connectivity index (χ1n) is 23.0. The van der Waals surface area contributed by atoms with Gasteiger partial charge in [-0.2, -0.15) is 0 Å². The number of anilines is 2. The Bertz CT molecular complexity index is 2310. The van der Waals surface area contributed by atoms with E-state index in [1.807, 2.05) is 56.6 Å². The molecule has 3 aromatic rings. The maximum absolute atomic E-state index is 15.4. The molecule has 0 radical (unpaired) electrons. The first kappa shape index (κ1) is 44.6. The number of hydrogen-bond acceptors (Lipinski definition) is 12. The van der Waals surface area contributed by atoms with Crippen molar-refractivity contribution in [2.45, 2.75) is 109 Å². The highest BCUT2D eigenvalue weighted by atomic mass is 16.7. The number of pyridine rings is 2. The normalized spacial score (nSPS) is 29.5. The van der Waals surface area contributed by atoms with Crippen LogP contribution < -0.4 is 21.7 Å². The summed E-state index contributed by atoms with van der Waals surface area (Å²) in [6.45, 7) is 7.28. The Labute approximate surface area is 371 Å². The molecule has 8 rings (SSSR count). The van der Waals surface area contributed by atoms with Gasteiger partial charge in [-0.1, -0.05) is 74.8 Å². The second kappa shape index (κ2) is 18.6. The Balaban J connectivity index is 1.17. The number of ketones is 2. The van der Waals surface area contributed by atoms with Crippen LogP contribution in [0.25, 0.3) is 0 Å². The Morgan fingerprint density at radius 3 is 2.68 bits per heavy atom. The van der Waals surface area contributed by atoms with Crippen LogP contribution in [0.3, 0.4) is 0 Å².